The molecule has 2 saturated heterocycles. The van der Waals surface area contributed by atoms with Crippen molar-refractivity contribution in [2.75, 3.05) is 26.4 Å². The van der Waals surface area contributed by atoms with Gasteiger partial charge in [-0.05, 0) is 19.4 Å². The first-order chi connectivity index (χ1) is 5.42. The van der Waals surface area contributed by atoms with E-state index in [0.717, 1.165) is 13.2 Å². The molecule has 0 spiro atoms. The molecule has 0 amide bonds. The van der Waals surface area contributed by atoms with Gasteiger partial charge in [0.1, 0.15) is 0 Å². The van der Waals surface area contributed by atoms with Crippen molar-refractivity contribution in [3.05, 3.63) is 0 Å². The number of nitrogens with zero attached hydrogens (tertiary/aromatic N) is 1. The number of aliphatic hydroxyl groups excluding tert-OH is 1. The van der Waals surface area contributed by atoms with E-state index >= 15 is 0 Å². The van der Waals surface area contributed by atoms with E-state index in [1.807, 2.05) is 0 Å². The van der Waals surface area contributed by atoms with Gasteiger partial charge in [-0.25, -0.2) is 0 Å². The predicted molar refractivity (Wildman–Crippen MR) is 41.4 cm³/mol. The topological polar surface area (TPSA) is 32.7 Å². The van der Waals surface area contributed by atoms with Crippen LogP contribution in [0, 0.1) is 0 Å². The van der Waals surface area contributed by atoms with Gasteiger partial charge in [0.25, 0.3) is 0 Å². The molecule has 2 rings (SSSR count). The Morgan fingerprint density at radius 3 is 3.18 bits per heavy atom. The molecule has 0 aromatic rings. The molecule has 3 heteroatoms. The predicted octanol–water partition coefficient (Wildman–Crippen LogP) is -0.158. The fourth-order valence-electron chi connectivity index (χ4n) is 2.11. The number of hydrogen-bond donors (Lipinski definition) is 1. The number of hydrogen-bond acceptors (Lipinski definition) is 3. The fourth-order valence-corrected chi connectivity index (χ4v) is 2.11. The van der Waals surface area contributed by atoms with Crippen LogP contribution in [0.15, 0.2) is 0 Å². The van der Waals surface area contributed by atoms with Gasteiger partial charge in [-0.3, -0.25) is 4.90 Å². The van der Waals surface area contributed by atoms with Crippen LogP contribution in [0.4, 0.5) is 0 Å². The van der Waals surface area contributed by atoms with Crippen molar-refractivity contribution in [1.82, 2.24) is 4.90 Å². The molecular weight excluding hydrogens is 142 g/mol. The lowest BCUT2D eigenvalue weighted by Gasteiger charge is -2.36. The molecule has 3 nitrogen and oxygen atoms in total. The molecule has 11 heavy (non-hydrogen) atoms. The molecule has 0 aliphatic carbocycles. The zero-order valence-corrected chi connectivity index (χ0v) is 6.70. The Hall–Kier alpha value is -0.120. The Labute approximate surface area is 66.9 Å². The smallest absolute Gasteiger partial charge is 0.0645 e. The van der Waals surface area contributed by atoms with Crippen LogP contribution in [-0.4, -0.2) is 48.5 Å². The van der Waals surface area contributed by atoms with Crippen LogP contribution in [0.2, 0.25) is 0 Å². The molecule has 0 saturated carbocycles. The second-order valence-corrected chi connectivity index (χ2v) is 3.41. The summed E-state index contributed by atoms with van der Waals surface area (Å²) in [4.78, 5) is 2.39. The Bertz CT molecular complexity index is 140. The first-order valence-corrected chi connectivity index (χ1v) is 4.36. The summed E-state index contributed by atoms with van der Waals surface area (Å²) in [6.45, 7) is 2.99. The summed E-state index contributed by atoms with van der Waals surface area (Å²) >= 11 is 0. The minimum Gasteiger partial charge on any atom is -0.395 e. The molecule has 0 aromatic carbocycles. The molecule has 2 heterocycles. The van der Waals surface area contributed by atoms with Gasteiger partial charge in [0.2, 0.25) is 0 Å². The minimum atomic E-state index is 0.247. The van der Waals surface area contributed by atoms with Gasteiger partial charge in [0.05, 0.1) is 25.9 Å². The van der Waals surface area contributed by atoms with Gasteiger partial charge >= 0.3 is 0 Å². The van der Waals surface area contributed by atoms with Crippen molar-refractivity contribution in [2.24, 2.45) is 0 Å². The van der Waals surface area contributed by atoms with Crippen LogP contribution in [0.5, 0.6) is 0 Å². The largest absolute Gasteiger partial charge is 0.395 e. The van der Waals surface area contributed by atoms with E-state index in [2.05, 4.69) is 4.90 Å². The summed E-state index contributed by atoms with van der Waals surface area (Å²) in [5.74, 6) is 0. The molecule has 2 atom stereocenters. The van der Waals surface area contributed by atoms with Crippen LogP contribution in [0.1, 0.15) is 12.8 Å². The van der Waals surface area contributed by atoms with Gasteiger partial charge in [-0.1, -0.05) is 0 Å². The van der Waals surface area contributed by atoms with Crippen LogP contribution < -0.4 is 0 Å². The number of fused-ring (bicyclic) bond motifs is 1. The average Bonchev–Trinajstić information content (AvgIpc) is 2.50. The molecule has 0 bridgehead atoms. The standard InChI is InChI=1S/C8H15NO2/c10-4-8-6-11-5-7-2-1-3-9(7)8/h7-8,10H,1-6H2/t7-,8?/m1/s1. The zero-order chi connectivity index (χ0) is 7.68. The SMILES string of the molecule is OCC1COC[C@H]2CCCN12. The zero-order valence-electron chi connectivity index (χ0n) is 6.70. The van der Waals surface area contributed by atoms with E-state index < -0.39 is 0 Å². The van der Waals surface area contributed by atoms with Crippen LogP contribution in [-0.2, 0) is 4.74 Å². The molecule has 2 fully saturated rings. The number of ether oxygens (including phenoxy) is 1. The first-order valence-electron chi connectivity index (χ1n) is 4.36. The maximum atomic E-state index is 9.02. The number of morpholine rings is 1. The van der Waals surface area contributed by atoms with Gasteiger partial charge in [0, 0.05) is 6.04 Å². The fraction of sp³-hybridized carbons (Fsp3) is 1.00. The Morgan fingerprint density at radius 2 is 2.36 bits per heavy atom. The summed E-state index contributed by atoms with van der Waals surface area (Å²) in [5, 5.41) is 9.02. The van der Waals surface area contributed by atoms with Crippen LogP contribution >= 0.6 is 0 Å². The Balaban J connectivity index is 2.00. The van der Waals surface area contributed by atoms with E-state index in [1.54, 1.807) is 0 Å². The van der Waals surface area contributed by atoms with Crippen molar-refractivity contribution >= 4 is 0 Å². The molecular formula is C8H15NO2. The van der Waals surface area contributed by atoms with Crippen LogP contribution in [0.3, 0.4) is 0 Å². The summed E-state index contributed by atoms with van der Waals surface area (Å²) in [5.41, 5.74) is 0. The molecule has 1 N–H and O–H groups in total. The van der Waals surface area contributed by atoms with Crippen molar-refractivity contribution < 1.29 is 9.84 Å². The van der Waals surface area contributed by atoms with E-state index in [0.29, 0.717) is 12.6 Å². The van der Waals surface area contributed by atoms with Gasteiger partial charge in [0.15, 0.2) is 0 Å². The second kappa shape index (κ2) is 3.09. The Morgan fingerprint density at radius 1 is 1.45 bits per heavy atom. The summed E-state index contributed by atoms with van der Waals surface area (Å²) in [7, 11) is 0. The molecule has 0 aromatic heterocycles. The van der Waals surface area contributed by atoms with Gasteiger partial charge in [-0.15, -0.1) is 0 Å². The quantitative estimate of drug-likeness (QED) is 0.574. The van der Waals surface area contributed by atoms with E-state index in [4.69, 9.17) is 9.84 Å². The lowest BCUT2D eigenvalue weighted by atomic mass is 10.1. The number of rotatable bonds is 1. The van der Waals surface area contributed by atoms with Gasteiger partial charge < -0.3 is 9.84 Å². The highest BCUT2D eigenvalue weighted by atomic mass is 16.5. The maximum absolute atomic E-state index is 9.02. The minimum absolute atomic E-state index is 0.247. The summed E-state index contributed by atoms with van der Waals surface area (Å²) in [6.07, 6.45) is 2.51. The highest BCUT2D eigenvalue weighted by Gasteiger charge is 2.33. The maximum Gasteiger partial charge on any atom is 0.0645 e. The average molecular weight is 157 g/mol. The van der Waals surface area contributed by atoms with E-state index in [1.165, 1.54) is 12.8 Å². The van der Waals surface area contributed by atoms with Gasteiger partial charge in [-0.2, -0.15) is 0 Å². The number of aliphatic hydroxyl groups is 1. The molecule has 0 radical (unpaired) electrons. The van der Waals surface area contributed by atoms with Crippen molar-refractivity contribution in [3.8, 4) is 0 Å². The Kier molecular flexibility index (Phi) is 2.11. The summed E-state index contributed by atoms with van der Waals surface area (Å²) < 4.78 is 5.39. The molecule has 2 aliphatic rings. The van der Waals surface area contributed by atoms with Crippen molar-refractivity contribution in [2.45, 2.75) is 24.9 Å². The lowest BCUT2D eigenvalue weighted by molar-refractivity contribution is -0.0471. The lowest BCUT2D eigenvalue weighted by Crippen LogP contribution is -2.50. The molecule has 1 unspecified atom stereocenters. The van der Waals surface area contributed by atoms with E-state index in [-0.39, 0.29) is 12.6 Å². The normalized spacial score (nSPS) is 39.0. The first kappa shape index (κ1) is 7.53. The highest BCUT2D eigenvalue weighted by Crippen LogP contribution is 2.23. The highest BCUT2D eigenvalue weighted by molar-refractivity contribution is 4.87. The van der Waals surface area contributed by atoms with E-state index in [9.17, 15) is 0 Å². The van der Waals surface area contributed by atoms with Crippen molar-refractivity contribution in [1.29, 1.82) is 0 Å². The summed E-state index contributed by atoms with van der Waals surface area (Å²) in [6, 6.07) is 0.872. The third-order valence-corrected chi connectivity index (χ3v) is 2.72. The van der Waals surface area contributed by atoms with Crippen LogP contribution in [0.25, 0.3) is 0 Å². The second-order valence-electron chi connectivity index (χ2n) is 3.41. The monoisotopic (exact) mass is 157 g/mol. The third-order valence-electron chi connectivity index (χ3n) is 2.72. The molecule has 64 valence electrons. The van der Waals surface area contributed by atoms with Crippen molar-refractivity contribution in [3.63, 3.8) is 0 Å². The molecule has 2 aliphatic heterocycles. The third kappa shape index (κ3) is 1.28.